The van der Waals surface area contributed by atoms with Gasteiger partial charge in [-0.15, -0.1) is 0 Å². The summed E-state index contributed by atoms with van der Waals surface area (Å²) in [6, 6.07) is 6.80. The number of methoxy groups -OCH3 is 1. The van der Waals surface area contributed by atoms with Gasteiger partial charge in [-0.3, -0.25) is 4.90 Å². The summed E-state index contributed by atoms with van der Waals surface area (Å²) in [5.74, 6) is 0.0814. The molecule has 24 heavy (non-hydrogen) atoms. The van der Waals surface area contributed by atoms with E-state index in [-0.39, 0.29) is 23.9 Å². The van der Waals surface area contributed by atoms with Gasteiger partial charge in [0.15, 0.2) is 0 Å². The lowest BCUT2D eigenvalue weighted by Crippen LogP contribution is -2.51. The number of nitrogens with zero attached hydrogens (tertiary/aromatic N) is 1. The lowest BCUT2D eigenvalue weighted by atomic mass is 10.1. The number of likely N-dealkylation sites (tertiary alicyclic amines) is 1. The largest absolute Gasteiger partial charge is 0.383 e. The van der Waals surface area contributed by atoms with Crippen molar-refractivity contribution in [1.29, 1.82) is 0 Å². The van der Waals surface area contributed by atoms with E-state index in [1.165, 1.54) is 12.1 Å². The third-order valence-electron chi connectivity index (χ3n) is 4.86. The predicted octanol–water partition coefficient (Wildman–Crippen LogP) is 2.09. The molecule has 0 spiro atoms. The van der Waals surface area contributed by atoms with Crippen molar-refractivity contribution in [3.05, 3.63) is 35.6 Å². The Hall–Kier alpha value is -1.66. The molecule has 2 aliphatic rings. The molecule has 1 heterocycles. The van der Waals surface area contributed by atoms with Gasteiger partial charge in [0, 0.05) is 38.2 Å². The molecule has 0 bridgehead atoms. The van der Waals surface area contributed by atoms with Crippen LogP contribution in [0.2, 0.25) is 0 Å². The fraction of sp³-hybridized carbons (Fsp3) is 0.611. The van der Waals surface area contributed by atoms with Gasteiger partial charge in [-0.25, -0.2) is 9.18 Å². The Morgan fingerprint density at radius 2 is 2.12 bits per heavy atom. The van der Waals surface area contributed by atoms with E-state index in [1.807, 2.05) is 0 Å². The molecule has 3 rings (SSSR count). The van der Waals surface area contributed by atoms with Gasteiger partial charge in [0.25, 0.3) is 0 Å². The molecule has 2 amide bonds. The molecule has 1 aliphatic carbocycles. The molecule has 1 aromatic carbocycles. The summed E-state index contributed by atoms with van der Waals surface area (Å²) >= 11 is 0. The molecular formula is C18H26FN3O2. The van der Waals surface area contributed by atoms with Crippen LogP contribution in [0.3, 0.4) is 0 Å². The Bertz CT molecular complexity index is 552. The predicted molar refractivity (Wildman–Crippen MR) is 90.6 cm³/mol. The Morgan fingerprint density at radius 1 is 1.33 bits per heavy atom. The van der Waals surface area contributed by atoms with Crippen LogP contribution >= 0.6 is 0 Å². The van der Waals surface area contributed by atoms with Crippen molar-refractivity contribution in [3.8, 4) is 0 Å². The summed E-state index contributed by atoms with van der Waals surface area (Å²) < 4.78 is 18.1. The van der Waals surface area contributed by atoms with Gasteiger partial charge in [-0.05, 0) is 43.5 Å². The van der Waals surface area contributed by atoms with Gasteiger partial charge in [0.1, 0.15) is 5.82 Å². The Morgan fingerprint density at radius 3 is 2.88 bits per heavy atom. The molecule has 0 radical (unpaired) electrons. The van der Waals surface area contributed by atoms with Crippen LogP contribution in [0.1, 0.15) is 30.7 Å². The fourth-order valence-corrected chi connectivity index (χ4v) is 3.43. The second kappa shape index (κ2) is 7.94. The van der Waals surface area contributed by atoms with Crippen LogP contribution in [0.25, 0.3) is 0 Å². The second-order valence-corrected chi connectivity index (χ2v) is 6.75. The first-order valence-electron chi connectivity index (χ1n) is 8.69. The van der Waals surface area contributed by atoms with Crippen molar-refractivity contribution >= 4 is 6.03 Å². The molecule has 6 heteroatoms. The summed E-state index contributed by atoms with van der Waals surface area (Å²) in [5, 5.41) is 6.12. The minimum atomic E-state index is -0.225. The Labute approximate surface area is 142 Å². The van der Waals surface area contributed by atoms with Crippen molar-refractivity contribution in [2.75, 3.05) is 33.4 Å². The molecule has 1 aliphatic heterocycles. The average molecular weight is 335 g/mol. The third kappa shape index (κ3) is 4.68. The van der Waals surface area contributed by atoms with E-state index >= 15 is 0 Å². The maximum atomic E-state index is 13.0. The molecule has 0 unspecified atom stereocenters. The van der Waals surface area contributed by atoms with Crippen molar-refractivity contribution < 1.29 is 13.9 Å². The maximum Gasteiger partial charge on any atom is 0.315 e. The molecule has 5 nitrogen and oxygen atoms in total. The zero-order valence-corrected chi connectivity index (χ0v) is 14.1. The number of nitrogens with one attached hydrogen (secondary N) is 2. The first kappa shape index (κ1) is 17.2. The zero-order chi connectivity index (χ0) is 16.9. The molecule has 2 fully saturated rings. The molecule has 0 aromatic heterocycles. The first-order valence-corrected chi connectivity index (χ1v) is 8.69. The van der Waals surface area contributed by atoms with Crippen molar-refractivity contribution in [3.63, 3.8) is 0 Å². The van der Waals surface area contributed by atoms with Gasteiger partial charge >= 0.3 is 6.03 Å². The normalized spacial score (nSPS) is 26.8. The highest BCUT2D eigenvalue weighted by Gasteiger charge is 2.39. The van der Waals surface area contributed by atoms with Crippen LogP contribution in [-0.4, -0.2) is 56.4 Å². The van der Waals surface area contributed by atoms with E-state index in [0.29, 0.717) is 5.92 Å². The van der Waals surface area contributed by atoms with Crippen molar-refractivity contribution in [2.45, 2.75) is 37.3 Å². The fourth-order valence-electron chi connectivity index (χ4n) is 3.43. The average Bonchev–Trinajstić information content (AvgIpc) is 3.33. The van der Waals surface area contributed by atoms with Crippen LogP contribution < -0.4 is 10.6 Å². The van der Waals surface area contributed by atoms with Gasteiger partial charge in [-0.2, -0.15) is 0 Å². The number of amides is 2. The van der Waals surface area contributed by atoms with Gasteiger partial charge in [-0.1, -0.05) is 12.1 Å². The van der Waals surface area contributed by atoms with Crippen molar-refractivity contribution in [1.82, 2.24) is 15.5 Å². The van der Waals surface area contributed by atoms with Gasteiger partial charge in [0.05, 0.1) is 6.61 Å². The molecule has 1 saturated carbocycles. The molecule has 1 saturated heterocycles. The number of piperidine rings is 1. The standard InChI is InChI=1S/C18H26FN3O2/c1-24-10-9-22-8-2-3-15(12-22)20-18(23)21-17-11-16(17)13-4-6-14(19)7-5-13/h4-7,15-17H,2-3,8-12H2,1H3,(H2,20,21,23)/t15-,16-,17-/m0/s1. The molecule has 1 aromatic rings. The highest BCUT2D eigenvalue weighted by atomic mass is 19.1. The molecule has 132 valence electrons. The van der Waals surface area contributed by atoms with E-state index in [4.69, 9.17) is 4.74 Å². The van der Waals surface area contributed by atoms with Crippen LogP contribution in [-0.2, 0) is 4.74 Å². The second-order valence-electron chi connectivity index (χ2n) is 6.75. The number of hydrogen-bond donors (Lipinski definition) is 2. The highest BCUT2D eigenvalue weighted by molar-refractivity contribution is 5.75. The number of carbonyl (C=O) groups excluding carboxylic acids is 1. The number of halogens is 1. The van der Waals surface area contributed by atoms with Crippen molar-refractivity contribution in [2.24, 2.45) is 0 Å². The molecule has 2 N–H and O–H groups in total. The number of ether oxygens (including phenoxy) is 1. The van der Waals surface area contributed by atoms with Gasteiger partial charge < -0.3 is 15.4 Å². The van der Waals surface area contributed by atoms with Crippen LogP contribution in [0.15, 0.2) is 24.3 Å². The number of carbonyl (C=O) groups is 1. The molecule has 3 atom stereocenters. The number of benzene rings is 1. The lowest BCUT2D eigenvalue weighted by molar-refractivity contribution is 0.123. The highest BCUT2D eigenvalue weighted by Crippen LogP contribution is 2.40. The van der Waals surface area contributed by atoms with Gasteiger partial charge in [0.2, 0.25) is 0 Å². The van der Waals surface area contributed by atoms with E-state index in [1.54, 1.807) is 19.2 Å². The van der Waals surface area contributed by atoms with E-state index < -0.39 is 0 Å². The zero-order valence-electron chi connectivity index (χ0n) is 14.1. The SMILES string of the molecule is COCCN1CCC[C@H](NC(=O)N[C@H]2C[C@H]2c2ccc(F)cc2)C1. The molecular weight excluding hydrogens is 309 g/mol. The first-order chi connectivity index (χ1) is 11.7. The monoisotopic (exact) mass is 335 g/mol. The van der Waals surface area contributed by atoms with E-state index in [9.17, 15) is 9.18 Å². The Kier molecular flexibility index (Phi) is 5.68. The van der Waals surface area contributed by atoms with E-state index in [0.717, 1.165) is 51.1 Å². The summed E-state index contributed by atoms with van der Waals surface area (Å²) in [7, 11) is 1.71. The van der Waals surface area contributed by atoms with Crippen LogP contribution in [0, 0.1) is 5.82 Å². The quantitative estimate of drug-likeness (QED) is 0.837. The van der Waals surface area contributed by atoms with Crippen LogP contribution in [0.4, 0.5) is 9.18 Å². The summed E-state index contributed by atoms with van der Waals surface area (Å²) in [4.78, 5) is 14.5. The minimum absolute atomic E-state index is 0.0943. The number of hydrogen-bond acceptors (Lipinski definition) is 3. The Balaban J connectivity index is 1.41. The lowest BCUT2D eigenvalue weighted by Gasteiger charge is -2.32. The number of urea groups is 1. The summed E-state index contributed by atoms with van der Waals surface area (Å²) in [6.07, 6.45) is 3.03. The van der Waals surface area contributed by atoms with E-state index in [2.05, 4.69) is 15.5 Å². The third-order valence-corrected chi connectivity index (χ3v) is 4.86. The number of rotatable bonds is 6. The van der Waals surface area contributed by atoms with Crippen LogP contribution in [0.5, 0.6) is 0 Å². The summed E-state index contributed by atoms with van der Waals surface area (Å²) in [6.45, 7) is 3.58. The smallest absolute Gasteiger partial charge is 0.315 e. The maximum absolute atomic E-state index is 13.0. The summed E-state index contributed by atoms with van der Waals surface area (Å²) in [5.41, 5.74) is 1.09. The topological polar surface area (TPSA) is 53.6 Å². The minimum Gasteiger partial charge on any atom is -0.383 e.